The van der Waals surface area contributed by atoms with Crippen LogP contribution >= 0.6 is 15.9 Å². The number of hydrogen-bond donors (Lipinski definition) is 1. The van der Waals surface area contributed by atoms with E-state index in [0.29, 0.717) is 25.1 Å². The molecule has 0 saturated heterocycles. The summed E-state index contributed by atoms with van der Waals surface area (Å²) in [7, 11) is -3.55. The van der Waals surface area contributed by atoms with Gasteiger partial charge >= 0.3 is 0 Å². The molecular formula is C33H42BrN3O4S. The highest BCUT2D eigenvalue weighted by atomic mass is 79.9. The molecule has 3 aromatic carbocycles. The third-order valence-corrected chi connectivity index (χ3v) is 8.87. The molecule has 0 aliphatic carbocycles. The summed E-state index contributed by atoms with van der Waals surface area (Å²) >= 11 is 3.46. The van der Waals surface area contributed by atoms with Crippen molar-refractivity contribution in [2.24, 2.45) is 0 Å². The second-order valence-electron chi connectivity index (χ2n) is 10.5. The first kappa shape index (κ1) is 33.3. The molecule has 3 aromatic rings. The van der Waals surface area contributed by atoms with Crippen LogP contribution < -0.4 is 9.62 Å². The Bertz CT molecular complexity index is 1380. The fourth-order valence-electron chi connectivity index (χ4n) is 4.75. The molecular weight excluding hydrogens is 614 g/mol. The number of aryl methyl sites for hydroxylation is 1. The number of rotatable bonds is 16. The summed E-state index contributed by atoms with van der Waals surface area (Å²) in [5.41, 5.74) is 3.55. The maximum Gasteiger partial charge on any atom is 0.243 e. The van der Waals surface area contributed by atoms with Crippen molar-refractivity contribution in [3.05, 3.63) is 100 Å². The van der Waals surface area contributed by atoms with E-state index >= 15 is 0 Å². The Balaban J connectivity index is 1.85. The summed E-state index contributed by atoms with van der Waals surface area (Å²) < 4.78 is 27.6. The van der Waals surface area contributed by atoms with E-state index in [1.54, 1.807) is 17.0 Å². The van der Waals surface area contributed by atoms with Crippen molar-refractivity contribution in [2.45, 2.75) is 65.0 Å². The molecule has 226 valence electrons. The van der Waals surface area contributed by atoms with Gasteiger partial charge in [0.15, 0.2) is 0 Å². The van der Waals surface area contributed by atoms with Crippen molar-refractivity contribution in [1.29, 1.82) is 0 Å². The fraction of sp³-hybridized carbons (Fsp3) is 0.394. The van der Waals surface area contributed by atoms with Gasteiger partial charge in [-0.2, -0.15) is 0 Å². The number of benzene rings is 3. The maximum absolute atomic E-state index is 13.9. The van der Waals surface area contributed by atoms with E-state index in [1.807, 2.05) is 73.7 Å². The molecule has 0 spiro atoms. The first-order valence-corrected chi connectivity index (χ1v) is 17.2. The number of hydrogen-bond acceptors (Lipinski definition) is 4. The van der Waals surface area contributed by atoms with Crippen molar-refractivity contribution in [3.8, 4) is 0 Å². The lowest BCUT2D eigenvalue weighted by molar-refractivity contribution is -0.141. The Hall–Kier alpha value is -3.17. The van der Waals surface area contributed by atoms with Crippen LogP contribution in [0.15, 0.2) is 83.3 Å². The van der Waals surface area contributed by atoms with Crippen LogP contribution in [0.1, 0.15) is 56.2 Å². The lowest BCUT2D eigenvalue weighted by Crippen LogP contribution is -2.50. The van der Waals surface area contributed by atoms with Crippen molar-refractivity contribution < 1.29 is 18.0 Å². The highest BCUT2D eigenvalue weighted by Gasteiger charge is 2.30. The number of carbonyl (C=O) groups excluding carboxylic acids is 2. The van der Waals surface area contributed by atoms with Crippen LogP contribution in [0.2, 0.25) is 0 Å². The van der Waals surface area contributed by atoms with Crippen LogP contribution in [0.3, 0.4) is 0 Å². The van der Waals surface area contributed by atoms with Crippen molar-refractivity contribution in [2.75, 3.05) is 23.7 Å². The van der Waals surface area contributed by atoms with Gasteiger partial charge in [-0.05, 0) is 60.2 Å². The minimum absolute atomic E-state index is 0.100. The van der Waals surface area contributed by atoms with E-state index in [9.17, 15) is 18.0 Å². The molecule has 1 atom stereocenters. The molecule has 0 aliphatic rings. The van der Waals surface area contributed by atoms with Gasteiger partial charge in [0.1, 0.15) is 6.04 Å². The average Bonchev–Trinajstić information content (AvgIpc) is 2.98. The number of carbonyl (C=O) groups is 2. The standard InChI is InChI=1S/C33H42BrN3O4S/c1-4-6-22-35-33(39)31(24-27-11-8-7-9-12-27)36(25-28-14-18-29(34)19-15-28)32(38)13-10-23-37(42(3,40)41)30-20-16-26(5-2)17-21-30/h7-9,11-12,14-21,31H,4-6,10,13,22-25H2,1-3H3,(H,35,39)/t31-/m1/s1. The summed E-state index contributed by atoms with van der Waals surface area (Å²) in [6, 6.07) is 24.1. The third-order valence-electron chi connectivity index (χ3n) is 7.15. The van der Waals surface area contributed by atoms with Crippen LogP contribution in [0.5, 0.6) is 0 Å². The maximum atomic E-state index is 13.9. The molecule has 2 amide bonds. The molecule has 9 heteroatoms. The largest absolute Gasteiger partial charge is 0.354 e. The Morgan fingerprint density at radius 3 is 2.10 bits per heavy atom. The molecule has 0 heterocycles. The number of anilines is 1. The van der Waals surface area contributed by atoms with Gasteiger partial charge in [0, 0.05) is 36.9 Å². The fourth-order valence-corrected chi connectivity index (χ4v) is 5.98. The smallest absolute Gasteiger partial charge is 0.243 e. The lowest BCUT2D eigenvalue weighted by Gasteiger charge is -2.32. The van der Waals surface area contributed by atoms with Gasteiger partial charge in [0.25, 0.3) is 0 Å². The second-order valence-corrected chi connectivity index (χ2v) is 13.3. The van der Waals surface area contributed by atoms with Crippen molar-refractivity contribution >= 4 is 43.5 Å². The van der Waals surface area contributed by atoms with Gasteiger partial charge in [-0.3, -0.25) is 13.9 Å². The number of sulfonamides is 1. The van der Waals surface area contributed by atoms with Gasteiger partial charge in [-0.25, -0.2) is 8.42 Å². The predicted octanol–water partition coefficient (Wildman–Crippen LogP) is 6.11. The Morgan fingerprint density at radius 2 is 1.50 bits per heavy atom. The summed E-state index contributed by atoms with van der Waals surface area (Å²) in [6.45, 7) is 5.08. The van der Waals surface area contributed by atoms with Crippen LogP contribution in [0.4, 0.5) is 5.69 Å². The summed E-state index contributed by atoms with van der Waals surface area (Å²) in [5, 5.41) is 3.03. The van der Waals surface area contributed by atoms with Gasteiger partial charge in [-0.15, -0.1) is 0 Å². The third kappa shape index (κ3) is 10.3. The van der Waals surface area contributed by atoms with E-state index in [1.165, 1.54) is 10.6 Å². The van der Waals surface area contributed by atoms with E-state index in [-0.39, 0.29) is 31.3 Å². The van der Waals surface area contributed by atoms with Gasteiger partial charge < -0.3 is 10.2 Å². The Labute approximate surface area is 259 Å². The van der Waals surface area contributed by atoms with E-state index in [0.717, 1.165) is 40.4 Å². The molecule has 0 bridgehead atoms. The van der Waals surface area contributed by atoms with Gasteiger partial charge in [-0.1, -0.05) is 90.8 Å². The zero-order valence-corrected chi connectivity index (χ0v) is 27.2. The molecule has 42 heavy (non-hydrogen) atoms. The Morgan fingerprint density at radius 1 is 0.857 bits per heavy atom. The van der Waals surface area contributed by atoms with Gasteiger partial charge in [0.2, 0.25) is 21.8 Å². The SMILES string of the molecule is CCCCNC(=O)[C@@H](Cc1ccccc1)N(Cc1ccc(Br)cc1)C(=O)CCCN(c1ccc(CC)cc1)S(C)(=O)=O. The second kappa shape index (κ2) is 16.5. The molecule has 0 saturated carbocycles. The van der Waals surface area contributed by atoms with E-state index in [4.69, 9.17) is 0 Å². The molecule has 3 rings (SSSR count). The lowest BCUT2D eigenvalue weighted by atomic mass is 10.0. The van der Waals surface area contributed by atoms with Crippen molar-refractivity contribution in [3.63, 3.8) is 0 Å². The topological polar surface area (TPSA) is 86.8 Å². The van der Waals surface area contributed by atoms with E-state index in [2.05, 4.69) is 28.2 Å². The normalized spacial score (nSPS) is 12.0. The summed E-state index contributed by atoms with van der Waals surface area (Å²) in [5.74, 6) is -0.384. The highest BCUT2D eigenvalue weighted by molar-refractivity contribution is 9.10. The zero-order chi connectivity index (χ0) is 30.5. The molecule has 7 nitrogen and oxygen atoms in total. The van der Waals surface area contributed by atoms with Crippen LogP contribution in [0, 0.1) is 0 Å². The Kier molecular flexibility index (Phi) is 13.1. The van der Waals surface area contributed by atoms with Crippen LogP contribution in [-0.2, 0) is 39.0 Å². The van der Waals surface area contributed by atoms with E-state index < -0.39 is 16.1 Å². The van der Waals surface area contributed by atoms with Crippen molar-refractivity contribution in [1.82, 2.24) is 10.2 Å². The first-order valence-electron chi connectivity index (χ1n) is 14.5. The predicted molar refractivity (Wildman–Crippen MR) is 174 cm³/mol. The minimum atomic E-state index is -3.55. The number of amides is 2. The number of unbranched alkanes of at least 4 members (excludes halogenated alkanes) is 1. The quantitative estimate of drug-likeness (QED) is 0.189. The summed E-state index contributed by atoms with van der Waals surface area (Å²) in [4.78, 5) is 29.1. The molecule has 0 aliphatic heterocycles. The summed E-state index contributed by atoms with van der Waals surface area (Å²) in [6.07, 6.45) is 4.63. The number of nitrogens with zero attached hydrogens (tertiary/aromatic N) is 2. The molecule has 0 radical (unpaired) electrons. The average molecular weight is 657 g/mol. The number of nitrogens with one attached hydrogen (secondary N) is 1. The van der Waals surface area contributed by atoms with Crippen LogP contribution in [0.25, 0.3) is 0 Å². The first-order chi connectivity index (χ1) is 20.1. The zero-order valence-electron chi connectivity index (χ0n) is 24.8. The van der Waals surface area contributed by atoms with Crippen LogP contribution in [-0.4, -0.2) is 50.5 Å². The molecule has 0 unspecified atom stereocenters. The molecule has 0 aromatic heterocycles. The van der Waals surface area contributed by atoms with Gasteiger partial charge in [0.05, 0.1) is 11.9 Å². The molecule has 1 N–H and O–H groups in total. The highest BCUT2D eigenvalue weighted by Crippen LogP contribution is 2.21. The minimum Gasteiger partial charge on any atom is -0.354 e. The monoisotopic (exact) mass is 655 g/mol. The molecule has 0 fully saturated rings. The number of halogens is 1.